The second-order valence-electron chi connectivity index (χ2n) is 4.99. The first-order valence-corrected chi connectivity index (χ1v) is 6.41. The van der Waals surface area contributed by atoms with Crippen LogP contribution in [-0.4, -0.2) is 22.9 Å². The fourth-order valence-corrected chi connectivity index (χ4v) is 3.11. The van der Waals surface area contributed by atoms with Crippen molar-refractivity contribution in [3.8, 4) is 0 Å². The van der Waals surface area contributed by atoms with Crippen LogP contribution < -0.4 is 5.73 Å². The Labute approximate surface area is 100 Å². The van der Waals surface area contributed by atoms with Crippen molar-refractivity contribution in [1.82, 2.24) is 4.90 Å². The van der Waals surface area contributed by atoms with Crippen LogP contribution >= 0.6 is 11.3 Å². The second-order valence-corrected chi connectivity index (χ2v) is 6.25. The Kier molecular flexibility index (Phi) is 2.70. The number of carbonyl (C=O) groups excluding carboxylic acids is 1. The van der Waals surface area contributed by atoms with E-state index in [0.29, 0.717) is 0 Å². The molecule has 0 bridgehead atoms. The molecular formula is C12H18N2OS. The van der Waals surface area contributed by atoms with Crippen molar-refractivity contribution in [3.05, 3.63) is 15.8 Å². The van der Waals surface area contributed by atoms with Crippen LogP contribution in [0.25, 0.3) is 0 Å². The van der Waals surface area contributed by atoms with Gasteiger partial charge in [-0.25, -0.2) is 0 Å². The number of carbonyl (C=O) groups is 1. The summed E-state index contributed by atoms with van der Waals surface area (Å²) in [4.78, 5) is 16.1. The topological polar surface area (TPSA) is 46.3 Å². The average molecular weight is 238 g/mol. The molecule has 2 heterocycles. The molecule has 0 aromatic carbocycles. The molecule has 3 nitrogen and oxygen atoms in total. The minimum Gasteiger partial charge on any atom is -0.398 e. The second kappa shape index (κ2) is 3.77. The number of nitrogens with two attached hydrogens (primary N) is 1. The van der Waals surface area contributed by atoms with E-state index in [2.05, 4.69) is 13.8 Å². The lowest BCUT2D eigenvalue weighted by Crippen LogP contribution is -2.42. The van der Waals surface area contributed by atoms with Gasteiger partial charge in [-0.1, -0.05) is 0 Å². The predicted molar refractivity (Wildman–Crippen MR) is 67.8 cm³/mol. The lowest BCUT2D eigenvalue weighted by Gasteiger charge is -2.31. The van der Waals surface area contributed by atoms with Crippen molar-refractivity contribution in [3.63, 3.8) is 0 Å². The number of rotatable bonds is 1. The molecule has 1 aliphatic rings. The molecule has 0 atom stereocenters. The molecule has 88 valence electrons. The van der Waals surface area contributed by atoms with Crippen LogP contribution in [0.3, 0.4) is 0 Å². The van der Waals surface area contributed by atoms with Crippen LogP contribution in [0.5, 0.6) is 0 Å². The molecular weight excluding hydrogens is 220 g/mol. The van der Waals surface area contributed by atoms with Crippen LogP contribution in [0.1, 0.15) is 41.2 Å². The molecule has 0 aliphatic carbocycles. The van der Waals surface area contributed by atoms with Crippen molar-refractivity contribution in [1.29, 1.82) is 0 Å². The highest BCUT2D eigenvalue weighted by molar-refractivity contribution is 7.14. The first-order valence-electron chi connectivity index (χ1n) is 5.60. The SMILES string of the molecule is Cc1sc(C(=O)N2CCCC2(C)C)cc1N. The van der Waals surface area contributed by atoms with E-state index in [4.69, 9.17) is 5.73 Å². The van der Waals surface area contributed by atoms with E-state index >= 15 is 0 Å². The fraction of sp³-hybridized carbons (Fsp3) is 0.583. The standard InChI is InChI=1S/C12H18N2OS/c1-8-9(13)7-10(16-8)11(15)14-6-4-5-12(14,2)3/h7H,4-6,13H2,1-3H3. The summed E-state index contributed by atoms with van der Waals surface area (Å²) in [7, 11) is 0. The predicted octanol–water partition coefficient (Wildman–Crippen LogP) is 2.65. The summed E-state index contributed by atoms with van der Waals surface area (Å²) < 4.78 is 0. The number of hydrogen-bond acceptors (Lipinski definition) is 3. The highest BCUT2D eigenvalue weighted by atomic mass is 32.1. The summed E-state index contributed by atoms with van der Waals surface area (Å²) in [6.07, 6.45) is 2.18. The Morgan fingerprint density at radius 2 is 2.25 bits per heavy atom. The number of anilines is 1. The Bertz CT molecular complexity index is 403. The Morgan fingerprint density at radius 1 is 1.56 bits per heavy atom. The summed E-state index contributed by atoms with van der Waals surface area (Å²) in [5, 5.41) is 0. The van der Waals surface area contributed by atoms with Crippen molar-refractivity contribution >= 4 is 22.9 Å². The van der Waals surface area contributed by atoms with E-state index in [-0.39, 0.29) is 11.4 Å². The van der Waals surface area contributed by atoms with Crippen molar-refractivity contribution in [2.24, 2.45) is 0 Å². The van der Waals surface area contributed by atoms with Crippen LogP contribution in [0.15, 0.2) is 6.07 Å². The smallest absolute Gasteiger partial charge is 0.264 e. The first-order chi connectivity index (χ1) is 7.42. The molecule has 1 saturated heterocycles. The molecule has 0 radical (unpaired) electrons. The molecule has 4 heteroatoms. The number of nitrogens with zero attached hydrogens (tertiary/aromatic N) is 1. The highest BCUT2D eigenvalue weighted by Crippen LogP contribution is 2.32. The fourth-order valence-electron chi connectivity index (χ4n) is 2.22. The van der Waals surface area contributed by atoms with Crippen LogP contribution in [-0.2, 0) is 0 Å². The Balaban J connectivity index is 2.25. The molecule has 0 spiro atoms. The van der Waals surface area contributed by atoms with Gasteiger partial charge in [-0.3, -0.25) is 4.79 Å². The molecule has 1 aromatic heterocycles. The number of nitrogen functional groups attached to an aromatic ring is 1. The average Bonchev–Trinajstić information content (AvgIpc) is 2.70. The Hall–Kier alpha value is -1.03. The minimum absolute atomic E-state index is 0.0102. The van der Waals surface area contributed by atoms with Gasteiger partial charge >= 0.3 is 0 Å². The third-order valence-corrected chi connectivity index (χ3v) is 4.37. The van der Waals surface area contributed by atoms with Gasteiger partial charge in [0.1, 0.15) is 0 Å². The number of thiophene rings is 1. The molecule has 2 rings (SSSR count). The lowest BCUT2D eigenvalue weighted by atomic mass is 10.0. The third kappa shape index (κ3) is 1.82. The van der Waals surface area contributed by atoms with Gasteiger partial charge in [-0.05, 0) is 39.7 Å². The summed E-state index contributed by atoms with van der Waals surface area (Å²) in [6, 6.07) is 1.80. The molecule has 2 N–H and O–H groups in total. The number of hydrogen-bond donors (Lipinski definition) is 1. The number of likely N-dealkylation sites (tertiary alicyclic amines) is 1. The Morgan fingerprint density at radius 3 is 2.69 bits per heavy atom. The minimum atomic E-state index is -0.0102. The molecule has 1 aromatic rings. The van der Waals surface area contributed by atoms with E-state index < -0.39 is 0 Å². The van der Waals surface area contributed by atoms with Gasteiger partial charge in [0.15, 0.2) is 0 Å². The zero-order chi connectivity index (χ0) is 11.9. The van der Waals surface area contributed by atoms with Crippen LogP contribution in [0, 0.1) is 6.92 Å². The summed E-state index contributed by atoms with van der Waals surface area (Å²) >= 11 is 1.49. The van der Waals surface area contributed by atoms with Crippen molar-refractivity contribution in [2.45, 2.75) is 39.2 Å². The quantitative estimate of drug-likeness (QED) is 0.817. The third-order valence-electron chi connectivity index (χ3n) is 3.31. The van der Waals surface area contributed by atoms with E-state index in [1.54, 1.807) is 6.07 Å². The van der Waals surface area contributed by atoms with Gasteiger partial charge in [0.25, 0.3) is 5.91 Å². The summed E-state index contributed by atoms with van der Waals surface area (Å²) in [5.41, 5.74) is 6.50. The molecule has 1 aliphatic heterocycles. The normalized spacial score (nSPS) is 19.1. The zero-order valence-electron chi connectivity index (χ0n) is 10.0. The van der Waals surface area contributed by atoms with Crippen molar-refractivity contribution < 1.29 is 4.79 Å². The number of amides is 1. The van der Waals surface area contributed by atoms with Gasteiger partial charge in [0.05, 0.1) is 4.88 Å². The lowest BCUT2D eigenvalue weighted by molar-refractivity contribution is 0.0657. The van der Waals surface area contributed by atoms with E-state index in [1.807, 2.05) is 11.8 Å². The van der Waals surface area contributed by atoms with E-state index in [1.165, 1.54) is 11.3 Å². The van der Waals surface area contributed by atoms with Gasteiger partial charge in [-0.2, -0.15) is 0 Å². The van der Waals surface area contributed by atoms with Gasteiger partial charge < -0.3 is 10.6 Å². The van der Waals surface area contributed by atoms with Gasteiger partial charge in [-0.15, -0.1) is 11.3 Å². The largest absolute Gasteiger partial charge is 0.398 e. The van der Waals surface area contributed by atoms with E-state index in [0.717, 1.165) is 34.8 Å². The maximum Gasteiger partial charge on any atom is 0.264 e. The van der Waals surface area contributed by atoms with Crippen LogP contribution in [0.2, 0.25) is 0 Å². The first kappa shape index (κ1) is 11.5. The van der Waals surface area contributed by atoms with Gasteiger partial charge in [0.2, 0.25) is 0 Å². The molecule has 16 heavy (non-hydrogen) atoms. The maximum atomic E-state index is 12.3. The van der Waals surface area contributed by atoms with Gasteiger partial charge in [0, 0.05) is 22.6 Å². The van der Waals surface area contributed by atoms with E-state index in [9.17, 15) is 4.79 Å². The molecule has 0 saturated carbocycles. The highest BCUT2D eigenvalue weighted by Gasteiger charge is 2.36. The molecule has 1 amide bonds. The molecule has 0 unspecified atom stereocenters. The summed E-state index contributed by atoms with van der Waals surface area (Å²) in [6.45, 7) is 7.07. The van der Waals surface area contributed by atoms with Crippen LogP contribution in [0.4, 0.5) is 5.69 Å². The maximum absolute atomic E-state index is 12.3. The summed E-state index contributed by atoms with van der Waals surface area (Å²) in [5.74, 6) is 0.132. The molecule has 1 fully saturated rings. The monoisotopic (exact) mass is 238 g/mol. The number of aryl methyl sites for hydroxylation is 1. The van der Waals surface area contributed by atoms with Crippen molar-refractivity contribution in [2.75, 3.05) is 12.3 Å². The zero-order valence-corrected chi connectivity index (χ0v) is 10.9.